The van der Waals surface area contributed by atoms with Crippen LogP contribution in [0.1, 0.15) is 81.4 Å². The standard InChI is InChI=1S/C14H18N2O.C11H14ClN3.2C11H16N4.C10H14N4/c1-17-12-5-6-13-11(4-2-3-8-15)7-9-16-14(13)10-12;12-9-3-4-11-10(7-9)14-8-15(11)6-2-1-5-13;1-15-10-5-7-13-8-9(10)14-11(15)4-2-3-6-12;1-15-10-8-13-7-5-9(10)14-11(15)4-2-3-6-12;11-7-3-4-8-14-12-9-5-1-2-6-10(9)13-14/h5-7,9-10H,2-4,8,15H2,1H3;3-4,7-8H,1-2,5-6,13H2;2*5,7-8H,2-4,6,12H2,1H3;1-2,5-6H,3-4,7-8,11H2. The summed E-state index contributed by atoms with van der Waals surface area (Å²) in [6.45, 7) is 5.58. The molecular weight excluding hydrogens is 974 g/mol. The number of fused-ring (bicyclic) bond motifs is 5. The predicted octanol–water partition coefficient (Wildman–Crippen LogP) is 8.62. The summed E-state index contributed by atoms with van der Waals surface area (Å²) in [7, 11) is 5.76. The van der Waals surface area contributed by atoms with Crippen LogP contribution in [0.4, 0.5) is 0 Å². The first-order valence-electron chi connectivity index (χ1n) is 26.5. The van der Waals surface area contributed by atoms with Gasteiger partial charge in [-0.2, -0.15) is 15.0 Å². The van der Waals surface area contributed by atoms with E-state index in [1.165, 1.54) is 10.9 Å². The van der Waals surface area contributed by atoms with Crippen LogP contribution in [-0.2, 0) is 46.4 Å². The van der Waals surface area contributed by atoms with Gasteiger partial charge in [0.2, 0.25) is 0 Å². The summed E-state index contributed by atoms with van der Waals surface area (Å²) in [5.74, 6) is 3.09. The minimum atomic E-state index is 0.731. The third kappa shape index (κ3) is 17.3. The number of halogens is 1. The number of ether oxygens (including phenoxy) is 1. The smallest absolute Gasteiger partial charge is 0.121 e. The van der Waals surface area contributed by atoms with E-state index in [1.807, 2.05) is 106 Å². The lowest BCUT2D eigenvalue weighted by atomic mass is 10.0. The maximum Gasteiger partial charge on any atom is 0.121 e. The van der Waals surface area contributed by atoms with Gasteiger partial charge in [0, 0.05) is 68.5 Å². The van der Waals surface area contributed by atoms with Crippen LogP contribution in [-0.4, -0.2) is 98.4 Å². The van der Waals surface area contributed by atoms with Gasteiger partial charge in [0.25, 0.3) is 0 Å². The minimum absolute atomic E-state index is 0.731. The van der Waals surface area contributed by atoms with E-state index in [2.05, 4.69) is 65.9 Å². The number of imidazole rings is 3. The van der Waals surface area contributed by atoms with Crippen LogP contribution in [0.5, 0.6) is 5.75 Å². The van der Waals surface area contributed by atoms with E-state index >= 15 is 0 Å². The van der Waals surface area contributed by atoms with Crippen molar-refractivity contribution < 1.29 is 4.74 Å². The molecule has 18 nitrogen and oxygen atoms in total. The Hall–Kier alpha value is -6.93. The fourth-order valence-electron chi connectivity index (χ4n) is 8.52. The Kier molecular flexibility index (Phi) is 24.4. The van der Waals surface area contributed by atoms with Crippen molar-refractivity contribution in [3.8, 4) is 5.75 Å². The summed E-state index contributed by atoms with van der Waals surface area (Å²) in [6.07, 6.45) is 24.7. The van der Waals surface area contributed by atoms with Crippen molar-refractivity contribution >= 4 is 66.6 Å². The minimum Gasteiger partial charge on any atom is -0.497 e. The Bertz CT molecular complexity index is 3130. The van der Waals surface area contributed by atoms with Gasteiger partial charge < -0.3 is 47.1 Å². The second-order valence-electron chi connectivity index (χ2n) is 18.3. The molecule has 76 heavy (non-hydrogen) atoms. The highest BCUT2D eigenvalue weighted by molar-refractivity contribution is 6.31. The molecule has 0 fully saturated rings. The molecule has 3 aromatic carbocycles. The molecule has 0 amide bonds. The Balaban J connectivity index is 0.000000154. The number of aryl methyl sites for hydroxylation is 7. The molecule has 0 aliphatic rings. The van der Waals surface area contributed by atoms with Crippen molar-refractivity contribution in [3.63, 3.8) is 0 Å². The van der Waals surface area contributed by atoms with Gasteiger partial charge in [-0.25, -0.2) is 15.0 Å². The molecule has 0 unspecified atom stereocenters. The molecule has 0 aliphatic heterocycles. The first-order valence-corrected chi connectivity index (χ1v) is 26.9. The summed E-state index contributed by atoms with van der Waals surface area (Å²) >= 11 is 5.89. The molecule has 7 heterocycles. The fraction of sp³-hybridized carbons (Fsp3) is 0.404. The highest BCUT2D eigenvalue weighted by atomic mass is 35.5. The molecule has 19 heteroatoms. The van der Waals surface area contributed by atoms with Crippen LogP contribution in [0.2, 0.25) is 5.02 Å². The zero-order chi connectivity index (χ0) is 53.9. The highest BCUT2D eigenvalue weighted by Gasteiger charge is 2.09. The van der Waals surface area contributed by atoms with Crippen LogP contribution < -0.4 is 33.4 Å². The van der Waals surface area contributed by atoms with Crippen molar-refractivity contribution in [3.05, 3.63) is 138 Å². The molecule has 0 radical (unpaired) electrons. The summed E-state index contributed by atoms with van der Waals surface area (Å²) in [4.78, 5) is 27.7. The van der Waals surface area contributed by atoms with Crippen molar-refractivity contribution in [1.82, 2.24) is 58.6 Å². The number of nitrogens with zero attached hydrogens (tertiary/aromatic N) is 12. The predicted molar refractivity (Wildman–Crippen MR) is 310 cm³/mol. The van der Waals surface area contributed by atoms with E-state index in [0.29, 0.717) is 0 Å². The van der Waals surface area contributed by atoms with Crippen molar-refractivity contribution in [2.75, 3.05) is 39.8 Å². The van der Waals surface area contributed by atoms with Crippen LogP contribution in [0.15, 0.2) is 116 Å². The molecule has 10 rings (SSSR count). The Morgan fingerprint density at radius 3 is 1.75 bits per heavy atom. The van der Waals surface area contributed by atoms with Gasteiger partial charge in [0.05, 0.1) is 65.5 Å². The second-order valence-corrected chi connectivity index (χ2v) is 18.8. The maximum atomic E-state index is 5.89. The van der Waals surface area contributed by atoms with Gasteiger partial charge in [-0.3, -0.25) is 15.0 Å². The molecule has 404 valence electrons. The Morgan fingerprint density at radius 2 is 1.11 bits per heavy atom. The van der Waals surface area contributed by atoms with Crippen molar-refractivity contribution in [2.24, 2.45) is 42.8 Å². The van der Waals surface area contributed by atoms with E-state index in [0.717, 1.165) is 201 Å². The molecule has 10 aromatic rings. The molecule has 0 atom stereocenters. The fourth-order valence-corrected chi connectivity index (χ4v) is 8.69. The second kappa shape index (κ2) is 31.8. The first-order chi connectivity index (χ1) is 37.2. The van der Waals surface area contributed by atoms with Crippen LogP contribution in [0, 0.1) is 0 Å². The number of benzene rings is 3. The maximum absolute atomic E-state index is 5.89. The average Bonchev–Trinajstić information content (AvgIpc) is 4.23. The number of methoxy groups -OCH3 is 1. The molecule has 10 N–H and O–H groups in total. The quantitative estimate of drug-likeness (QED) is 0.0422. The van der Waals surface area contributed by atoms with Crippen LogP contribution >= 0.6 is 11.6 Å². The van der Waals surface area contributed by atoms with Crippen molar-refractivity contribution in [1.29, 1.82) is 0 Å². The van der Waals surface area contributed by atoms with E-state index in [4.69, 9.17) is 45.0 Å². The van der Waals surface area contributed by atoms with Gasteiger partial charge in [-0.1, -0.05) is 23.7 Å². The van der Waals surface area contributed by atoms with Gasteiger partial charge in [0.15, 0.2) is 0 Å². The zero-order valence-corrected chi connectivity index (χ0v) is 45.4. The van der Waals surface area contributed by atoms with Crippen molar-refractivity contribution in [2.45, 2.75) is 96.6 Å². The number of aromatic nitrogens is 12. The number of hydrogen-bond donors (Lipinski definition) is 5. The van der Waals surface area contributed by atoms with E-state index in [-0.39, 0.29) is 0 Å². The lowest BCUT2D eigenvalue weighted by Crippen LogP contribution is -2.05. The molecule has 0 aliphatic carbocycles. The number of rotatable bonds is 21. The summed E-state index contributed by atoms with van der Waals surface area (Å²) < 4.78 is 11.6. The normalized spacial score (nSPS) is 11.0. The number of hydrogen-bond acceptors (Lipinski definition) is 14. The van der Waals surface area contributed by atoms with E-state index in [9.17, 15) is 0 Å². The number of unbranched alkanes of at least 4 members (excludes halogenated alkanes) is 5. The Labute approximate surface area is 451 Å². The Morgan fingerprint density at radius 1 is 0.500 bits per heavy atom. The van der Waals surface area contributed by atoms with Gasteiger partial charge in [-0.15, -0.1) is 0 Å². The summed E-state index contributed by atoms with van der Waals surface area (Å²) in [5, 5.41) is 10.6. The average molecular weight is 1050 g/mol. The van der Waals surface area contributed by atoms with Gasteiger partial charge in [-0.05, 0) is 170 Å². The van der Waals surface area contributed by atoms with Crippen LogP contribution in [0.25, 0.3) is 55.0 Å². The highest BCUT2D eigenvalue weighted by Crippen LogP contribution is 2.24. The topological polar surface area (TPSA) is 262 Å². The first kappa shape index (κ1) is 58.3. The molecule has 0 spiro atoms. The molecular formula is C57H78ClN17O. The molecule has 0 bridgehead atoms. The largest absolute Gasteiger partial charge is 0.497 e. The van der Waals surface area contributed by atoms with E-state index < -0.39 is 0 Å². The van der Waals surface area contributed by atoms with Gasteiger partial charge >= 0.3 is 0 Å². The number of nitrogens with two attached hydrogens (primary N) is 5. The summed E-state index contributed by atoms with van der Waals surface area (Å²) in [6, 6.07) is 25.7. The zero-order valence-electron chi connectivity index (χ0n) is 44.7. The monoisotopic (exact) mass is 1050 g/mol. The number of pyridine rings is 3. The molecule has 0 saturated heterocycles. The SMILES string of the molecule is COc1ccc2c(CCCCN)ccnc2c1.Cn1c(CCCCN)nc2ccncc21.Cn1c(CCCCN)nc2cnccc21.NCCCCn1cnc2cc(Cl)ccc21.NCCCCn1nc2ccccc2n1. The molecule has 0 saturated carbocycles. The lowest BCUT2D eigenvalue weighted by molar-refractivity contribution is 0.415. The molecule has 7 aromatic heterocycles. The van der Waals surface area contributed by atoms with E-state index in [1.54, 1.807) is 24.3 Å². The summed E-state index contributed by atoms with van der Waals surface area (Å²) in [5.41, 5.74) is 37.9. The third-order valence-electron chi connectivity index (χ3n) is 12.8. The van der Waals surface area contributed by atoms with Gasteiger partial charge in [0.1, 0.15) is 33.9 Å². The lowest BCUT2D eigenvalue weighted by Gasteiger charge is -2.07. The van der Waals surface area contributed by atoms with Crippen LogP contribution in [0.3, 0.4) is 0 Å². The third-order valence-corrected chi connectivity index (χ3v) is 13.0.